The molecular formula is C20H27N3O3S. The van der Waals surface area contributed by atoms with Crippen LogP contribution >= 0.6 is 12.2 Å². The molecule has 1 aromatic rings. The zero-order valence-electron chi connectivity index (χ0n) is 15.9. The molecule has 1 saturated heterocycles. The summed E-state index contributed by atoms with van der Waals surface area (Å²) in [5.41, 5.74) is 1.03. The molecule has 1 aliphatic heterocycles. The number of amides is 1. The third-order valence-electron chi connectivity index (χ3n) is 5.61. The Bertz CT molecular complexity index is 733. The van der Waals surface area contributed by atoms with Crippen LogP contribution in [0.25, 0.3) is 0 Å². The van der Waals surface area contributed by atoms with Crippen molar-refractivity contribution in [3.05, 3.63) is 23.8 Å². The molecule has 0 bridgehead atoms. The minimum atomic E-state index is -0.146. The van der Waals surface area contributed by atoms with E-state index < -0.39 is 0 Å². The maximum Gasteiger partial charge on any atom is 0.225 e. The van der Waals surface area contributed by atoms with E-state index in [0.717, 1.165) is 35.0 Å². The second kappa shape index (κ2) is 7.54. The van der Waals surface area contributed by atoms with Crippen LogP contribution in [0.2, 0.25) is 0 Å². The standard InChI is InChI=1S/C20H27N3O3S/c1-25-14-7-8-15(18(9-14)26-2)16-10-23(20(27)22-13-5-6-13)11-17(16)19(24)21-12-3-4-12/h7-9,12-13,16-17H,3-6,10-11H2,1-2H3,(H,21,24)(H,22,27)/t16-,17+/m1/s1. The van der Waals surface area contributed by atoms with Gasteiger partial charge >= 0.3 is 0 Å². The highest BCUT2D eigenvalue weighted by molar-refractivity contribution is 7.80. The molecule has 3 aliphatic rings. The fourth-order valence-corrected chi connectivity index (χ4v) is 4.02. The molecule has 2 N–H and O–H groups in total. The fraction of sp³-hybridized carbons (Fsp3) is 0.600. The Kier molecular flexibility index (Phi) is 5.12. The quantitative estimate of drug-likeness (QED) is 0.726. The third-order valence-corrected chi connectivity index (χ3v) is 5.99. The van der Waals surface area contributed by atoms with Crippen molar-refractivity contribution < 1.29 is 14.3 Å². The molecule has 146 valence electrons. The van der Waals surface area contributed by atoms with E-state index in [9.17, 15) is 4.79 Å². The van der Waals surface area contributed by atoms with Crippen LogP contribution in [0.1, 0.15) is 37.2 Å². The number of ether oxygens (including phenoxy) is 2. The highest BCUT2D eigenvalue weighted by Crippen LogP contribution is 2.40. The van der Waals surface area contributed by atoms with Gasteiger partial charge in [-0.1, -0.05) is 6.07 Å². The van der Waals surface area contributed by atoms with Crippen LogP contribution < -0.4 is 20.1 Å². The molecule has 1 heterocycles. The largest absolute Gasteiger partial charge is 0.497 e. The number of rotatable bonds is 6. The number of nitrogens with one attached hydrogen (secondary N) is 2. The highest BCUT2D eigenvalue weighted by Gasteiger charge is 2.42. The second-order valence-corrected chi connectivity index (χ2v) is 8.12. The van der Waals surface area contributed by atoms with Gasteiger partial charge < -0.3 is 25.0 Å². The summed E-state index contributed by atoms with van der Waals surface area (Å²) < 4.78 is 10.9. The molecule has 0 radical (unpaired) electrons. The molecule has 0 spiro atoms. The van der Waals surface area contributed by atoms with Gasteiger partial charge in [-0.05, 0) is 44.0 Å². The molecule has 0 aromatic heterocycles. The molecule has 2 saturated carbocycles. The van der Waals surface area contributed by atoms with Crippen LogP contribution in [0, 0.1) is 5.92 Å². The SMILES string of the molecule is COc1ccc([C@H]2CN(C(=S)NC3CC3)C[C@@H]2C(=O)NC2CC2)c(OC)c1. The van der Waals surface area contributed by atoms with Crippen molar-refractivity contribution in [2.45, 2.75) is 43.7 Å². The van der Waals surface area contributed by atoms with Gasteiger partial charge in [0.15, 0.2) is 5.11 Å². The van der Waals surface area contributed by atoms with Crippen molar-refractivity contribution in [2.24, 2.45) is 5.92 Å². The molecule has 1 amide bonds. The smallest absolute Gasteiger partial charge is 0.225 e. The van der Waals surface area contributed by atoms with Crippen LogP contribution in [0.15, 0.2) is 18.2 Å². The van der Waals surface area contributed by atoms with E-state index in [2.05, 4.69) is 15.5 Å². The Labute approximate surface area is 165 Å². The number of methoxy groups -OCH3 is 2. The molecule has 0 unspecified atom stereocenters. The van der Waals surface area contributed by atoms with E-state index >= 15 is 0 Å². The van der Waals surface area contributed by atoms with Crippen LogP contribution in [-0.2, 0) is 4.79 Å². The number of carbonyl (C=O) groups excluding carboxylic acids is 1. The Morgan fingerprint density at radius 2 is 1.78 bits per heavy atom. The normalized spacial score (nSPS) is 24.4. The predicted octanol–water partition coefficient (Wildman–Crippen LogP) is 2.03. The van der Waals surface area contributed by atoms with E-state index in [1.807, 2.05) is 18.2 Å². The van der Waals surface area contributed by atoms with Crippen LogP contribution in [0.4, 0.5) is 0 Å². The summed E-state index contributed by atoms with van der Waals surface area (Å²) in [6.07, 6.45) is 4.52. The number of thiocarbonyl (C=S) groups is 1. The van der Waals surface area contributed by atoms with Crippen molar-refractivity contribution in [3.63, 3.8) is 0 Å². The van der Waals surface area contributed by atoms with Gasteiger partial charge in [0.25, 0.3) is 0 Å². The number of likely N-dealkylation sites (tertiary alicyclic amines) is 1. The van der Waals surface area contributed by atoms with E-state index in [1.54, 1.807) is 14.2 Å². The minimum Gasteiger partial charge on any atom is -0.497 e. The second-order valence-electron chi connectivity index (χ2n) is 7.73. The predicted molar refractivity (Wildman–Crippen MR) is 107 cm³/mol. The monoisotopic (exact) mass is 389 g/mol. The molecule has 27 heavy (non-hydrogen) atoms. The van der Waals surface area contributed by atoms with Gasteiger partial charge in [0.1, 0.15) is 11.5 Å². The lowest BCUT2D eigenvalue weighted by molar-refractivity contribution is -0.125. The van der Waals surface area contributed by atoms with Crippen molar-refractivity contribution in [1.29, 1.82) is 0 Å². The first-order valence-corrected chi connectivity index (χ1v) is 10.1. The maximum absolute atomic E-state index is 12.9. The van der Waals surface area contributed by atoms with Crippen molar-refractivity contribution in [2.75, 3.05) is 27.3 Å². The number of hydrogen-bond donors (Lipinski definition) is 2. The first kappa shape index (κ1) is 18.3. The first-order chi connectivity index (χ1) is 13.1. The van der Waals surface area contributed by atoms with Gasteiger partial charge in [0.2, 0.25) is 5.91 Å². The molecule has 4 rings (SSSR count). The Morgan fingerprint density at radius 1 is 1.07 bits per heavy atom. The fourth-order valence-electron chi connectivity index (χ4n) is 3.70. The van der Waals surface area contributed by atoms with Gasteiger partial charge in [-0.25, -0.2) is 0 Å². The number of benzene rings is 1. The summed E-state index contributed by atoms with van der Waals surface area (Å²) in [6, 6.07) is 6.68. The number of nitrogens with zero attached hydrogens (tertiary/aromatic N) is 1. The Hall–Kier alpha value is -2.02. The Morgan fingerprint density at radius 3 is 2.41 bits per heavy atom. The molecule has 2 atom stereocenters. The lowest BCUT2D eigenvalue weighted by Gasteiger charge is -2.21. The van der Waals surface area contributed by atoms with Gasteiger partial charge in [0, 0.05) is 42.7 Å². The van der Waals surface area contributed by atoms with Gasteiger partial charge in [-0.15, -0.1) is 0 Å². The first-order valence-electron chi connectivity index (χ1n) is 9.66. The molecular weight excluding hydrogens is 362 g/mol. The molecule has 2 aliphatic carbocycles. The Balaban J connectivity index is 1.58. The van der Waals surface area contributed by atoms with Crippen LogP contribution in [-0.4, -0.2) is 55.3 Å². The molecule has 7 heteroatoms. The average Bonchev–Trinajstić information content (AvgIpc) is 3.61. The van der Waals surface area contributed by atoms with Gasteiger partial charge in [-0.2, -0.15) is 0 Å². The minimum absolute atomic E-state index is 0.0311. The lowest BCUT2D eigenvalue weighted by atomic mass is 9.87. The van der Waals surface area contributed by atoms with E-state index in [1.165, 1.54) is 12.8 Å². The van der Waals surface area contributed by atoms with E-state index in [4.69, 9.17) is 21.7 Å². The zero-order valence-corrected chi connectivity index (χ0v) is 16.7. The molecule has 6 nitrogen and oxygen atoms in total. The van der Waals surface area contributed by atoms with Crippen molar-refractivity contribution in [1.82, 2.24) is 15.5 Å². The van der Waals surface area contributed by atoms with Crippen molar-refractivity contribution >= 4 is 23.2 Å². The summed E-state index contributed by atoms with van der Waals surface area (Å²) in [4.78, 5) is 15.1. The zero-order chi connectivity index (χ0) is 19.0. The lowest BCUT2D eigenvalue weighted by Crippen LogP contribution is -2.41. The summed E-state index contributed by atoms with van der Waals surface area (Å²) >= 11 is 5.61. The topological polar surface area (TPSA) is 62.8 Å². The van der Waals surface area contributed by atoms with Crippen LogP contribution in [0.3, 0.4) is 0 Å². The average molecular weight is 390 g/mol. The van der Waals surface area contributed by atoms with Crippen molar-refractivity contribution in [3.8, 4) is 11.5 Å². The van der Waals surface area contributed by atoms with E-state index in [-0.39, 0.29) is 17.7 Å². The van der Waals surface area contributed by atoms with Gasteiger partial charge in [-0.3, -0.25) is 4.79 Å². The van der Waals surface area contributed by atoms with Crippen LogP contribution in [0.5, 0.6) is 11.5 Å². The maximum atomic E-state index is 12.9. The van der Waals surface area contributed by atoms with Gasteiger partial charge in [0.05, 0.1) is 20.1 Å². The summed E-state index contributed by atoms with van der Waals surface area (Å²) in [7, 11) is 3.29. The third kappa shape index (κ3) is 4.13. The van der Waals surface area contributed by atoms with E-state index in [0.29, 0.717) is 25.2 Å². The summed E-state index contributed by atoms with van der Waals surface area (Å²) in [5, 5.41) is 7.34. The number of carbonyl (C=O) groups is 1. The molecule has 1 aromatic carbocycles. The summed E-state index contributed by atoms with van der Waals surface area (Å²) in [5.74, 6) is 1.51. The molecule has 3 fully saturated rings. The number of hydrogen-bond acceptors (Lipinski definition) is 4. The highest BCUT2D eigenvalue weighted by atomic mass is 32.1. The summed E-state index contributed by atoms with van der Waals surface area (Å²) in [6.45, 7) is 1.35.